The minimum absolute atomic E-state index is 0.0154. The van der Waals surface area contributed by atoms with Crippen LogP contribution in [0.1, 0.15) is 5.56 Å². The van der Waals surface area contributed by atoms with Crippen molar-refractivity contribution in [3.05, 3.63) is 42.1 Å². The third-order valence-corrected chi connectivity index (χ3v) is 3.62. The van der Waals surface area contributed by atoms with Crippen LogP contribution >= 0.6 is 38.5 Å². The van der Waals surface area contributed by atoms with Crippen LogP contribution in [0.25, 0.3) is 0 Å². The Bertz CT molecular complexity index is 777. The summed E-state index contributed by atoms with van der Waals surface area (Å²) in [5.74, 6) is 0.00568. The lowest BCUT2D eigenvalue weighted by Crippen LogP contribution is -2.01. The Morgan fingerprint density at radius 1 is 1.52 bits per heavy atom. The van der Waals surface area contributed by atoms with Crippen LogP contribution in [0.4, 0.5) is 11.6 Å². The van der Waals surface area contributed by atoms with Gasteiger partial charge in [0.15, 0.2) is 0 Å². The van der Waals surface area contributed by atoms with Gasteiger partial charge in [0, 0.05) is 6.07 Å². The zero-order valence-electron chi connectivity index (χ0n) is 10.1. The van der Waals surface area contributed by atoms with Crippen molar-refractivity contribution in [3.63, 3.8) is 0 Å². The molecule has 0 atom stereocenters. The molecule has 2 N–H and O–H groups in total. The van der Waals surface area contributed by atoms with Crippen molar-refractivity contribution in [2.45, 2.75) is 0 Å². The lowest BCUT2D eigenvalue weighted by atomic mass is 10.2. The number of hydrogen-bond acceptors (Lipinski definition) is 7. The van der Waals surface area contributed by atoms with E-state index in [0.29, 0.717) is 8.04 Å². The van der Waals surface area contributed by atoms with E-state index in [-0.39, 0.29) is 28.8 Å². The summed E-state index contributed by atoms with van der Waals surface area (Å²) in [5.41, 5.74) is 5.30. The molecule has 1 heterocycles. The van der Waals surface area contributed by atoms with Gasteiger partial charge in [-0.15, -0.1) is 0 Å². The van der Waals surface area contributed by atoms with E-state index in [0.717, 1.165) is 6.07 Å². The highest BCUT2D eigenvalue weighted by Gasteiger charge is 2.22. The number of halogens is 2. The second-order valence-corrected chi connectivity index (χ2v) is 5.68. The van der Waals surface area contributed by atoms with Crippen LogP contribution in [0.2, 0.25) is 0 Å². The third-order valence-electron chi connectivity index (χ3n) is 2.28. The van der Waals surface area contributed by atoms with Crippen molar-refractivity contribution in [1.82, 2.24) is 9.97 Å². The summed E-state index contributed by atoms with van der Waals surface area (Å²) in [6.45, 7) is 0. The molecule has 0 aliphatic carbocycles. The minimum Gasteiger partial charge on any atom is -0.429 e. The first-order chi connectivity index (χ1) is 9.92. The van der Waals surface area contributed by atoms with E-state index in [1.165, 1.54) is 12.3 Å². The topological polar surface area (TPSA) is 128 Å². The number of nitrogens with zero attached hydrogens (tertiary/aromatic N) is 4. The fourth-order valence-corrected chi connectivity index (χ4v) is 2.41. The number of nitrogens with two attached hydrogens (primary N) is 1. The lowest BCUT2D eigenvalue weighted by Gasteiger charge is -2.09. The van der Waals surface area contributed by atoms with Gasteiger partial charge >= 0.3 is 5.69 Å². The maximum Gasteiger partial charge on any atom is 0.314 e. The molecule has 0 saturated heterocycles. The number of anilines is 1. The SMILES string of the molecule is N#Cc1cc(I)c(Oc2nc(N)ncc2Br)c([N+](=O)[O-])c1. The van der Waals surface area contributed by atoms with Gasteiger partial charge in [-0.1, -0.05) is 0 Å². The number of nitro benzene ring substituents is 1. The normalized spacial score (nSPS) is 9.95. The number of ether oxygens (including phenoxy) is 1. The number of hydrogen-bond donors (Lipinski definition) is 1. The fraction of sp³-hybridized carbons (Fsp3) is 0. The van der Waals surface area contributed by atoms with Gasteiger partial charge < -0.3 is 10.5 Å². The first-order valence-electron chi connectivity index (χ1n) is 5.26. The maximum absolute atomic E-state index is 11.1. The van der Waals surface area contributed by atoms with Gasteiger partial charge in [0.2, 0.25) is 17.6 Å². The van der Waals surface area contributed by atoms with E-state index < -0.39 is 4.92 Å². The summed E-state index contributed by atoms with van der Waals surface area (Å²) >= 11 is 5.02. The van der Waals surface area contributed by atoms with Crippen molar-refractivity contribution in [3.8, 4) is 17.7 Å². The highest BCUT2D eigenvalue weighted by molar-refractivity contribution is 14.1. The summed E-state index contributed by atoms with van der Waals surface area (Å²) in [6, 6.07) is 4.46. The van der Waals surface area contributed by atoms with E-state index in [4.69, 9.17) is 15.7 Å². The van der Waals surface area contributed by atoms with Gasteiger partial charge in [-0.2, -0.15) is 10.2 Å². The van der Waals surface area contributed by atoms with Crippen LogP contribution in [-0.2, 0) is 0 Å². The van der Waals surface area contributed by atoms with Gasteiger partial charge in [0.25, 0.3) is 0 Å². The number of benzene rings is 1. The van der Waals surface area contributed by atoms with E-state index in [1.54, 1.807) is 0 Å². The predicted molar refractivity (Wildman–Crippen MR) is 84.7 cm³/mol. The molecule has 0 unspecified atom stereocenters. The highest BCUT2D eigenvalue weighted by atomic mass is 127. The molecule has 0 saturated carbocycles. The van der Waals surface area contributed by atoms with E-state index >= 15 is 0 Å². The largest absolute Gasteiger partial charge is 0.429 e. The van der Waals surface area contributed by atoms with Crippen LogP contribution in [0, 0.1) is 25.0 Å². The first-order valence-corrected chi connectivity index (χ1v) is 7.13. The molecule has 2 rings (SSSR count). The molecule has 0 spiro atoms. The second-order valence-electron chi connectivity index (χ2n) is 3.66. The summed E-state index contributed by atoms with van der Waals surface area (Å²) in [4.78, 5) is 18.1. The van der Waals surface area contributed by atoms with Crippen molar-refractivity contribution >= 4 is 50.2 Å². The van der Waals surface area contributed by atoms with Gasteiger partial charge in [-0.05, 0) is 44.6 Å². The lowest BCUT2D eigenvalue weighted by molar-refractivity contribution is -0.385. The molecule has 21 heavy (non-hydrogen) atoms. The quantitative estimate of drug-likeness (QED) is 0.422. The molecule has 0 aliphatic heterocycles. The Kier molecular flexibility index (Phi) is 4.53. The number of nitrogen functional groups attached to an aromatic ring is 1. The average Bonchev–Trinajstić information content (AvgIpc) is 2.44. The van der Waals surface area contributed by atoms with Gasteiger partial charge in [0.1, 0.15) is 0 Å². The van der Waals surface area contributed by atoms with Gasteiger partial charge in [-0.25, -0.2) is 4.98 Å². The number of rotatable bonds is 3. The molecular formula is C11H5BrIN5O3. The monoisotopic (exact) mass is 461 g/mol. The summed E-state index contributed by atoms with van der Waals surface area (Å²) in [6.07, 6.45) is 1.38. The number of aromatic nitrogens is 2. The predicted octanol–water partition coefficient (Wildman–Crippen LogP) is 3.00. The maximum atomic E-state index is 11.1. The Morgan fingerprint density at radius 2 is 2.24 bits per heavy atom. The van der Waals surface area contributed by atoms with Crippen LogP contribution in [0.5, 0.6) is 11.6 Å². The molecule has 10 heteroatoms. The zero-order chi connectivity index (χ0) is 15.6. The molecule has 1 aromatic carbocycles. The molecule has 106 valence electrons. The minimum atomic E-state index is -0.628. The molecule has 1 aromatic heterocycles. The third kappa shape index (κ3) is 3.37. The van der Waals surface area contributed by atoms with Crippen LogP contribution < -0.4 is 10.5 Å². The van der Waals surface area contributed by atoms with Gasteiger partial charge in [0.05, 0.1) is 30.8 Å². The second kappa shape index (κ2) is 6.19. The molecule has 8 nitrogen and oxygen atoms in total. The van der Waals surface area contributed by atoms with E-state index in [1.807, 2.05) is 28.7 Å². The smallest absolute Gasteiger partial charge is 0.314 e. The van der Waals surface area contributed by atoms with Crippen molar-refractivity contribution in [2.24, 2.45) is 0 Å². The molecule has 0 amide bonds. The Morgan fingerprint density at radius 3 is 2.86 bits per heavy atom. The average molecular weight is 462 g/mol. The van der Waals surface area contributed by atoms with Crippen molar-refractivity contribution < 1.29 is 9.66 Å². The molecule has 0 bridgehead atoms. The standard InChI is InChI=1S/C11H5BrIN5O3/c12-6-4-16-11(15)17-10(6)21-9-7(13)1-5(3-14)2-8(9)18(19)20/h1-2,4H,(H2,15,16,17). The zero-order valence-corrected chi connectivity index (χ0v) is 13.8. The molecule has 0 fully saturated rings. The number of nitro groups is 1. The van der Waals surface area contributed by atoms with Crippen LogP contribution in [0.15, 0.2) is 22.8 Å². The molecule has 0 aliphatic rings. The van der Waals surface area contributed by atoms with E-state index in [9.17, 15) is 10.1 Å². The van der Waals surface area contributed by atoms with Crippen LogP contribution in [0.3, 0.4) is 0 Å². The first kappa shape index (κ1) is 15.4. The van der Waals surface area contributed by atoms with Crippen LogP contribution in [-0.4, -0.2) is 14.9 Å². The Labute approximate surface area is 140 Å². The van der Waals surface area contributed by atoms with E-state index in [2.05, 4.69) is 25.9 Å². The van der Waals surface area contributed by atoms with Crippen molar-refractivity contribution in [1.29, 1.82) is 5.26 Å². The summed E-state index contributed by atoms with van der Waals surface area (Å²) in [5, 5.41) is 20.0. The fourth-order valence-electron chi connectivity index (χ4n) is 1.41. The molecule has 2 aromatic rings. The summed E-state index contributed by atoms with van der Waals surface area (Å²) in [7, 11) is 0. The molecular weight excluding hydrogens is 457 g/mol. The number of nitriles is 1. The van der Waals surface area contributed by atoms with Gasteiger partial charge in [-0.3, -0.25) is 10.1 Å². The van der Waals surface area contributed by atoms with Crippen molar-refractivity contribution in [2.75, 3.05) is 5.73 Å². The summed E-state index contributed by atoms with van der Waals surface area (Å²) < 4.78 is 6.28. The molecule has 0 radical (unpaired) electrons. The Balaban J connectivity index is 2.56. The Hall–Kier alpha value is -2.00. The highest BCUT2D eigenvalue weighted by Crippen LogP contribution is 2.38.